The summed E-state index contributed by atoms with van der Waals surface area (Å²) in [7, 11) is 0. The molecule has 4 atom stereocenters. The third kappa shape index (κ3) is 6.32. The van der Waals surface area contributed by atoms with Crippen molar-refractivity contribution in [1.29, 1.82) is 0 Å². The quantitative estimate of drug-likeness (QED) is 0.318. The molecule has 0 aromatic heterocycles. The molecule has 182 valence electrons. The first-order valence-electron chi connectivity index (χ1n) is 10.7. The second-order valence-corrected chi connectivity index (χ2v) is 7.84. The summed E-state index contributed by atoms with van der Waals surface area (Å²) in [5, 5.41) is 0. The Bertz CT molecular complexity index is 864. The molecule has 2 saturated heterocycles. The molecule has 11 nitrogen and oxygen atoms in total. The molecule has 3 aliphatic heterocycles. The summed E-state index contributed by atoms with van der Waals surface area (Å²) >= 11 is 0. The number of ether oxygens (including phenoxy) is 7. The zero-order valence-corrected chi connectivity index (χ0v) is 19.0. The highest BCUT2D eigenvalue weighted by molar-refractivity contribution is 6.08. The summed E-state index contributed by atoms with van der Waals surface area (Å²) in [6.07, 6.45) is -2.88. The predicted octanol–water partition coefficient (Wildman–Crippen LogP) is 1.44. The van der Waals surface area contributed by atoms with Crippen LogP contribution >= 0.6 is 0 Å². The van der Waals surface area contributed by atoms with Crippen molar-refractivity contribution in [2.45, 2.75) is 71.6 Å². The van der Waals surface area contributed by atoms with Gasteiger partial charge in [0.15, 0.2) is 11.9 Å². The van der Waals surface area contributed by atoms with Gasteiger partial charge in [0.1, 0.15) is 24.6 Å². The van der Waals surface area contributed by atoms with Crippen LogP contribution in [0.5, 0.6) is 0 Å². The fraction of sp³-hybridized carbons (Fsp3) is 0.636. The zero-order valence-electron chi connectivity index (χ0n) is 19.0. The standard InChI is InChI=1S/C22H28O11/c1-11-20(19(26)21(29-11)15-5-7-27-8-6-15)33-18-9-16(30-13(3)24)22(31-14(4)25)17(32-18)10-28-12(2)23/h16-18,22H,5-10H2,1-4H3/t16-,17-,18+,22+/m1/s1. The van der Waals surface area contributed by atoms with Gasteiger partial charge >= 0.3 is 17.9 Å². The molecule has 0 radical (unpaired) electrons. The smallest absolute Gasteiger partial charge is 0.303 e. The first-order valence-corrected chi connectivity index (χ1v) is 10.7. The lowest BCUT2D eigenvalue weighted by Crippen LogP contribution is -2.54. The van der Waals surface area contributed by atoms with Crippen LogP contribution in [0.2, 0.25) is 0 Å². The zero-order chi connectivity index (χ0) is 24.1. The van der Waals surface area contributed by atoms with E-state index in [-0.39, 0.29) is 30.3 Å². The number of carbonyl (C=O) groups is 4. The van der Waals surface area contributed by atoms with Gasteiger partial charge < -0.3 is 33.2 Å². The van der Waals surface area contributed by atoms with E-state index in [1.54, 1.807) is 6.92 Å². The number of carbonyl (C=O) groups excluding carboxylic acids is 4. The lowest BCUT2D eigenvalue weighted by Gasteiger charge is -2.39. The van der Waals surface area contributed by atoms with Crippen molar-refractivity contribution < 1.29 is 52.3 Å². The van der Waals surface area contributed by atoms with E-state index in [1.165, 1.54) is 20.8 Å². The van der Waals surface area contributed by atoms with Crippen molar-refractivity contribution in [3.63, 3.8) is 0 Å². The van der Waals surface area contributed by atoms with Gasteiger partial charge in [-0.2, -0.15) is 0 Å². The summed E-state index contributed by atoms with van der Waals surface area (Å²) in [4.78, 5) is 47.6. The fourth-order valence-corrected chi connectivity index (χ4v) is 3.83. The number of hydrogen-bond acceptors (Lipinski definition) is 11. The summed E-state index contributed by atoms with van der Waals surface area (Å²) in [6.45, 7) is 5.98. The lowest BCUT2D eigenvalue weighted by atomic mass is 10.0. The monoisotopic (exact) mass is 468 g/mol. The van der Waals surface area contributed by atoms with E-state index < -0.39 is 48.3 Å². The molecule has 0 aromatic carbocycles. The molecule has 0 unspecified atom stereocenters. The molecule has 33 heavy (non-hydrogen) atoms. The molecule has 0 N–H and O–H groups in total. The van der Waals surface area contributed by atoms with Gasteiger partial charge in [0.2, 0.25) is 12.0 Å². The number of ketones is 1. The third-order valence-electron chi connectivity index (χ3n) is 5.21. The van der Waals surface area contributed by atoms with Gasteiger partial charge in [0.05, 0.1) is 19.6 Å². The van der Waals surface area contributed by atoms with Crippen LogP contribution in [-0.4, -0.2) is 68.1 Å². The highest BCUT2D eigenvalue weighted by Gasteiger charge is 2.46. The van der Waals surface area contributed by atoms with Crippen LogP contribution in [0.25, 0.3) is 0 Å². The predicted molar refractivity (Wildman–Crippen MR) is 108 cm³/mol. The minimum Gasteiger partial charge on any atom is -0.463 e. The van der Waals surface area contributed by atoms with E-state index in [2.05, 4.69) is 0 Å². The van der Waals surface area contributed by atoms with Gasteiger partial charge in [-0.1, -0.05) is 0 Å². The van der Waals surface area contributed by atoms with Crippen molar-refractivity contribution in [3.8, 4) is 0 Å². The Labute approximate surface area is 190 Å². The maximum Gasteiger partial charge on any atom is 0.303 e. The van der Waals surface area contributed by atoms with Gasteiger partial charge in [-0.15, -0.1) is 0 Å². The maximum absolute atomic E-state index is 13.0. The molecule has 11 heteroatoms. The second-order valence-electron chi connectivity index (χ2n) is 7.84. The van der Waals surface area contributed by atoms with Crippen LogP contribution in [0.4, 0.5) is 0 Å². The topological polar surface area (TPSA) is 133 Å². The van der Waals surface area contributed by atoms with E-state index in [0.717, 1.165) is 5.57 Å². The van der Waals surface area contributed by atoms with E-state index in [4.69, 9.17) is 33.2 Å². The SMILES string of the molecule is CC(=O)OC[C@H]1O[C@@H](OC2=C(C)OC(=C3CCOCC3)C2=O)C[C@@H](OC(C)=O)[C@@H]1OC(C)=O. The Balaban J connectivity index is 1.79. The van der Waals surface area contributed by atoms with Gasteiger partial charge in [-0.05, 0) is 25.3 Å². The molecule has 0 aliphatic carbocycles. The summed E-state index contributed by atoms with van der Waals surface area (Å²) < 4.78 is 38.4. The molecule has 0 spiro atoms. The molecule has 0 aromatic rings. The average Bonchev–Trinajstić information content (AvgIpc) is 3.02. The van der Waals surface area contributed by atoms with Crippen molar-refractivity contribution in [1.82, 2.24) is 0 Å². The Kier molecular flexibility index (Phi) is 8.09. The first kappa shape index (κ1) is 24.7. The van der Waals surface area contributed by atoms with E-state index in [0.29, 0.717) is 26.1 Å². The first-order chi connectivity index (χ1) is 15.7. The maximum atomic E-state index is 13.0. The number of esters is 3. The highest BCUT2D eigenvalue weighted by Crippen LogP contribution is 2.34. The van der Waals surface area contributed by atoms with Crippen LogP contribution in [0.1, 0.15) is 47.0 Å². The van der Waals surface area contributed by atoms with Crippen molar-refractivity contribution >= 4 is 23.7 Å². The summed E-state index contributed by atoms with van der Waals surface area (Å²) in [5.41, 5.74) is 0.856. The van der Waals surface area contributed by atoms with Crippen molar-refractivity contribution in [2.75, 3.05) is 19.8 Å². The fourth-order valence-electron chi connectivity index (χ4n) is 3.83. The van der Waals surface area contributed by atoms with Crippen molar-refractivity contribution in [2.24, 2.45) is 0 Å². The number of allylic oxidation sites excluding steroid dienone is 1. The Morgan fingerprint density at radius 2 is 1.67 bits per heavy atom. The molecular formula is C22H28O11. The van der Waals surface area contributed by atoms with Gasteiger partial charge in [0.25, 0.3) is 5.78 Å². The number of hydrogen-bond donors (Lipinski definition) is 0. The van der Waals surface area contributed by atoms with Gasteiger partial charge in [-0.3, -0.25) is 19.2 Å². The normalized spacial score (nSPS) is 27.7. The van der Waals surface area contributed by atoms with Crippen LogP contribution in [0, 0.1) is 0 Å². The minimum atomic E-state index is -1.06. The Hall–Kier alpha value is -2.92. The Morgan fingerprint density at radius 1 is 1.00 bits per heavy atom. The van der Waals surface area contributed by atoms with Gasteiger partial charge in [0, 0.05) is 20.8 Å². The second kappa shape index (κ2) is 10.8. The summed E-state index contributed by atoms with van der Waals surface area (Å²) in [5.74, 6) is -1.72. The van der Waals surface area contributed by atoms with E-state index in [9.17, 15) is 19.2 Å². The molecule has 3 aliphatic rings. The molecule has 3 heterocycles. The molecule has 0 saturated carbocycles. The molecular weight excluding hydrogens is 440 g/mol. The lowest BCUT2D eigenvalue weighted by molar-refractivity contribution is -0.257. The van der Waals surface area contributed by atoms with Crippen LogP contribution in [-0.2, 0) is 52.3 Å². The van der Waals surface area contributed by atoms with Gasteiger partial charge in [-0.25, -0.2) is 0 Å². The molecule has 0 amide bonds. The minimum absolute atomic E-state index is 0.0206. The largest absolute Gasteiger partial charge is 0.463 e. The van der Waals surface area contributed by atoms with E-state index in [1.807, 2.05) is 0 Å². The van der Waals surface area contributed by atoms with Crippen LogP contribution in [0.3, 0.4) is 0 Å². The van der Waals surface area contributed by atoms with E-state index >= 15 is 0 Å². The Morgan fingerprint density at radius 3 is 2.27 bits per heavy atom. The highest BCUT2D eigenvalue weighted by atomic mass is 16.7. The number of Topliss-reactive ketones (excluding diaryl/α,β-unsaturated/α-hetero) is 1. The number of rotatable bonds is 6. The van der Waals surface area contributed by atoms with Crippen LogP contribution in [0.15, 0.2) is 22.9 Å². The summed E-state index contributed by atoms with van der Waals surface area (Å²) in [6, 6.07) is 0. The van der Waals surface area contributed by atoms with Crippen LogP contribution < -0.4 is 0 Å². The third-order valence-corrected chi connectivity index (χ3v) is 5.21. The molecule has 0 bridgehead atoms. The molecule has 2 fully saturated rings. The van der Waals surface area contributed by atoms with Crippen molar-refractivity contribution in [3.05, 3.63) is 22.9 Å². The molecule has 3 rings (SSSR count). The average molecular weight is 468 g/mol.